The van der Waals surface area contributed by atoms with Crippen LogP contribution in [0, 0.1) is 0 Å². The van der Waals surface area contributed by atoms with Gasteiger partial charge < -0.3 is 9.64 Å². The Morgan fingerprint density at radius 2 is 0.902 bits per heavy atom. The molecule has 1 heterocycles. The maximum atomic E-state index is 6.59. The molecule has 0 saturated heterocycles. The number of ether oxygens (including phenoxy) is 1. The van der Waals surface area contributed by atoms with Gasteiger partial charge in [0.15, 0.2) is 0 Å². The van der Waals surface area contributed by atoms with E-state index in [0.717, 1.165) is 50.6 Å². The fourth-order valence-electron chi connectivity index (χ4n) is 9.17. The molecule has 0 N–H and O–H groups in total. The van der Waals surface area contributed by atoms with Gasteiger partial charge in [0, 0.05) is 28.4 Å². The minimum absolute atomic E-state index is 0.224. The smallest absolute Gasteiger partial charge is 0.135 e. The minimum atomic E-state index is -0.348. The lowest BCUT2D eigenvalue weighted by atomic mass is 9.82. The first-order valence-electron chi connectivity index (χ1n) is 21.1. The molecule has 0 fully saturated rings. The van der Waals surface area contributed by atoms with Crippen molar-refractivity contribution < 1.29 is 4.74 Å². The van der Waals surface area contributed by atoms with Gasteiger partial charge in [-0.05, 0) is 116 Å². The van der Waals surface area contributed by atoms with Crippen molar-refractivity contribution in [2.24, 2.45) is 0 Å². The van der Waals surface area contributed by atoms with Gasteiger partial charge in [-0.15, -0.1) is 0 Å². The molecule has 2 nitrogen and oxygen atoms in total. The molecule has 61 heavy (non-hydrogen) atoms. The Morgan fingerprint density at radius 1 is 0.410 bits per heavy atom. The monoisotopic (exact) mass is 781 g/mol. The van der Waals surface area contributed by atoms with E-state index in [0.29, 0.717) is 0 Å². The second-order valence-corrected chi connectivity index (χ2v) is 16.3. The van der Waals surface area contributed by atoms with Crippen LogP contribution in [0.15, 0.2) is 237 Å². The normalized spacial score (nSPS) is 16.2. The molecule has 1 aliphatic heterocycles. The number of benzene rings is 9. The molecule has 0 aromatic heterocycles. The predicted octanol–water partition coefficient (Wildman–Crippen LogP) is 16.0. The third-order valence-corrected chi connectivity index (χ3v) is 12.5. The molecule has 0 amide bonds. The average Bonchev–Trinajstić information content (AvgIpc) is 3.64. The zero-order valence-electron chi connectivity index (χ0n) is 33.9. The molecule has 2 aliphatic rings. The molecular formula is C59H43NO. The lowest BCUT2D eigenvalue weighted by Crippen LogP contribution is -2.32. The summed E-state index contributed by atoms with van der Waals surface area (Å²) in [5.41, 5.74) is 15.9. The molecule has 1 aliphatic carbocycles. The van der Waals surface area contributed by atoms with Crippen LogP contribution in [0.2, 0.25) is 0 Å². The molecule has 9 aromatic carbocycles. The summed E-state index contributed by atoms with van der Waals surface area (Å²) in [7, 11) is 0. The van der Waals surface area contributed by atoms with Crippen molar-refractivity contribution in [2.75, 3.05) is 4.90 Å². The SMILES string of the molecule is CC12C=CC=CC1c1ccc(-c3ccc(N(c4ccc(-c5ccc(-c6ccccc6)cc5)cc4)c4cc(-c5ccc6ccccc6c5)ccc4-c4ccccc4)cc3)cc1O2. The summed E-state index contributed by atoms with van der Waals surface area (Å²) in [5, 5.41) is 2.46. The second-order valence-electron chi connectivity index (χ2n) is 16.3. The molecule has 0 bridgehead atoms. The van der Waals surface area contributed by atoms with E-state index in [1.54, 1.807) is 0 Å². The van der Waals surface area contributed by atoms with Crippen molar-refractivity contribution in [3.8, 4) is 61.4 Å². The topological polar surface area (TPSA) is 12.5 Å². The van der Waals surface area contributed by atoms with Crippen molar-refractivity contribution >= 4 is 27.8 Å². The quantitative estimate of drug-likeness (QED) is 0.152. The Bertz CT molecular complexity index is 3090. The van der Waals surface area contributed by atoms with E-state index >= 15 is 0 Å². The highest BCUT2D eigenvalue weighted by atomic mass is 16.5. The highest BCUT2D eigenvalue weighted by Gasteiger charge is 2.42. The number of rotatable bonds is 8. The van der Waals surface area contributed by atoms with Crippen LogP contribution >= 0.6 is 0 Å². The van der Waals surface area contributed by atoms with Crippen LogP contribution in [0.1, 0.15) is 18.4 Å². The standard InChI is InChI=1S/C59H43NO/c1-59-37-11-10-18-56(59)55-36-30-51(40-58(55)61-59)46-27-33-53(34-28-46)60(52-31-25-45(26-32-52)44-21-19-43(20-22-44)41-12-4-2-5-13-41)57-39-50(29-35-54(57)47-15-6-3-7-16-47)49-24-23-42-14-8-9-17-48(42)38-49/h2-40,56H,1H3. The summed E-state index contributed by atoms with van der Waals surface area (Å²) in [6, 6.07) is 77.1. The number of hydrogen-bond acceptors (Lipinski definition) is 2. The van der Waals surface area contributed by atoms with E-state index < -0.39 is 0 Å². The Kier molecular flexibility index (Phi) is 9.05. The number of anilines is 3. The van der Waals surface area contributed by atoms with Gasteiger partial charge in [0.1, 0.15) is 11.4 Å². The average molecular weight is 782 g/mol. The van der Waals surface area contributed by atoms with E-state index in [4.69, 9.17) is 4.74 Å². The van der Waals surface area contributed by atoms with E-state index in [9.17, 15) is 0 Å². The summed E-state index contributed by atoms with van der Waals surface area (Å²) >= 11 is 0. The lowest BCUT2D eigenvalue weighted by Gasteiger charge is -2.29. The molecule has 2 heteroatoms. The molecule has 2 unspecified atom stereocenters. The van der Waals surface area contributed by atoms with Gasteiger partial charge in [-0.3, -0.25) is 0 Å². The van der Waals surface area contributed by atoms with Crippen molar-refractivity contribution in [1.82, 2.24) is 0 Å². The maximum absolute atomic E-state index is 6.59. The zero-order chi connectivity index (χ0) is 40.8. The fraction of sp³-hybridized carbons (Fsp3) is 0.0508. The first-order valence-corrected chi connectivity index (χ1v) is 21.1. The molecule has 0 radical (unpaired) electrons. The fourth-order valence-corrected chi connectivity index (χ4v) is 9.17. The summed E-state index contributed by atoms with van der Waals surface area (Å²) < 4.78 is 6.59. The van der Waals surface area contributed by atoms with Gasteiger partial charge in [-0.2, -0.15) is 0 Å². The molecule has 290 valence electrons. The van der Waals surface area contributed by atoms with Gasteiger partial charge in [0.05, 0.1) is 5.69 Å². The maximum Gasteiger partial charge on any atom is 0.135 e. The Labute approximate surface area is 358 Å². The Hall–Kier alpha value is -7.68. The van der Waals surface area contributed by atoms with Crippen molar-refractivity contribution in [1.29, 1.82) is 0 Å². The van der Waals surface area contributed by atoms with E-state index in [-0.39, 0.29) is 11.5 Å². The molecule has 2 atom stereocenters. The van der Waals surface area contributed by atoms with Crippen molar-refractivity contribution in [2.45, 2.75) is 18.4 Å². The first kappa shape index (κ1) is 36.4. The minimum Gasteiger partial charge on any atom is -0.482 e. The third-order valence-electron chi connectivity index (χ3n) is 12.5. The summed E-state index contributed by atoms with van der Waals surface area (Å²) in [5.74, 6) is 1.18. The molecular weight excluding hydrogens is 739 g/mol. The predicted molar refractivity (Wildman–Crippen MR) is 256 cm³/mol. The largest absolute Gasteiger partial charge is 0.482 e. The number of allylic oxidation sites excluding steroid dienone is 2. The van der Waals surface area contributed by atoms with Crippen LogP contribution in [-0.2, 0) is 0 Å². The Morgan fingerprint density at radius 3 is 1.57 bits per heavy atom. The molecule has 11 rings (SSSR count). The van der Waals surface area contributed by atoms with Gasteiger partial charge in [0.2, 0.25) is 0 Å². The van der Waals surface area contributed by atoms with Crippen LogP contribution in [-0.4, -0.2) is 5.60 Å². The van der Waals surface area contributed by atoms with E-state index in [2.05, 4.69) is 248 Å². The van der Waals surface area contributed by atoms with Crippen LogP contribution in [0.25, 0.3) is 66.4 Å². The highest BCUT2D eigenvalue weighted by Crippen LogP contribution is 2.49. The lowest BCUT2D eigenvalue weighted by molar-refractivity contribution is 0.155. The van der Waals surface area contributed by atoms with Crippen LogP contribution in [0.4, 0.5) is 17.1 Å². The molecule has 0 saturated carbocycles. The van der Waals surface area contributed by atoms with Crippen LogP contribution in [0.5, 0.6) is 5.75 Å². The first-order chi connectivity index (χ1) is 30.1. The molecule has 9 aromatic rings. The molecule has 0 spiro atoms. The summed E-state index contributed by atoms with van der Waals surface area (Å²) in [6.07, 6.45) is 8.64. The third kappa shape index (κ3) is 6.83. The van der Waals surface area contributed by atoms with Crippen LogP contribution < -0.4 is 9.64 Å². The van der Waals surface area contributed by atoms with Crippen LogP contribution in [0.3, 0.4) is 0 Å². The van der Waals surface area contributed by atoms with E-state index in [1.807, 2.05) is 0 Å². The zero-order valence-corrected chi connectivity index (χ0v) is 33.9. The van der Waals surface area contributed by atoms with Gasteiger partial charge in [0.25, 0.3) is 0 Å². The van der Waals surface area contributed by atoms with E-state index in [1.165, 1.54) is 44.2 Å². The number of fused-ring (bicyclic) bond motifs is 4. The summed E-state index contributed by atoms with van der Waals surface area (Å²) in [6.45, 7) is 2.17. The van der Waals surface area contributed by atoms with Gasteiger partial charge >= 0.3 is 0 Å². The van der Waals surface area contributed by atoms with Gasteiger partial charge in [-0.1, -0.05) is 188 Å². The number of nitrogens with zero attached hydrogens (tertiary/aromatic N) is 1. The number of hydrogen-bond donors (Lipinski definition) is 0. The van der Waals surface area contributed by atoms with Crippen molar-refractivity contribution in [3.05, 3.63) is 242 Å². The Balaban J connectivity index is 1.02. The highest BCUT2D eigenvalue weighted by molar-refractivity contribution is 5.93. The van der Waals surface area contributed by atoms with Crippen molar-refractivity contribution in [3.63, 3.8) is 0 Å². The second kappa shape index (κ2) is 15.2. The van der Waals surface area contributed by atoms with Gasteiger partial charge in [-0.25, -0.2) is 0 Å². The summed E-state index contributed by atoms with van der Waals surface area (Å²) in [4.78, 5) is 2.41.